The van der Waals surface area contributed by atoms with Gasteiger partial charge in [-0.3, -0.25) is 0 Å². The predicted octanol–water partition coefficient (Wildman–Crippen LogP) is 2.07. The summed E-state index contributed by atoms with van der Waals surface area (Å²) in [5, 5.41) is 3.22. The zero-order valence-corrected chi connectivity index (χ0v) is 13.9. The Morgan fingerprint density at radius 3 is 2.79 bits per heavy atom. The molecule has 1 aromatic carbocycles. The van der Waals surface area contributed by atoms with Crippen molar-refractivity contribution in [2.75, 3.05) is 19.6 Å². The predicted molar refractivity (Wildman–Crippen MR) is 82.3 cm³/mol. The van der Waals surface area contributed by atoms with Crippen LogP contribution in [0, 0.1) is 12.8 Å². The van der Waals surface area contributed by atoms with Crippen molar-refractivity contribution in [1.82, 2.24) is 10.0 Å². The molecule has 108 valence electrons. The maximum Gasteiger partial charge on any atom is 0.240 e. The van der Waals surface area contributed by atoms with Gasteiger partial charge in [-0.15, -0.1) is 12.4 Å². The van der Waals surface area contributed by atoms with Gasteiger partial charge in [0.15, 0.2) is 0 Å². The quantitative estimate of drug-likeness (QED) is 0.854. The highest BCUT2D eigenvalue weighted by molar-refractivity contribution is 9.10. The molecule has 1 aromatic rings. The number of nitrogens with one attached hydrogen (secondary N) is 2. The number of halogens is 2. The zero-order valence-electron chi connectivity index (χ0n) is 10.6. The molecule has 4 nitrogen and oxygen atoms in total. The summed E-state index contributed by atoms with van der Waals surface area (Å²) < 4.78 is 27.8. The molecule has 0 radical (unpaired) electrons. The van der Waals surface area contributed by atoms with E-state index in [9.17, 15) is 8.42 Å². The molecule has 1 atom stereocenters. The van der Waals surface area contributed by atoms with E-state index in [2.05, 4.69) is 26.0 Å². The van der Waals surface area contributed by atoms with E-state index in [1.54, 1.807) is 18.2 Å². The van der Waals surface area contributed by atoms with Crippen LogP contribution in [0.4, 0.5) is 0 Å². The van der Waals surface area contributed by atoms with E-state index in [0.717, 1.165) is 29.5 Å². The maximum atomic E-state index is 12.1. The number of rotatable bonds is 4. The average molecular weight is 370 g/mol. The van der Waals surface area contributed by atoms with Crippen molar-refractivity contribution in [3.05, 3.63) is 28.2 Å². The molecule has 0 aliphatic carbocycles. The SMILES string of the molecule is Cc1cc(S(=O)(=O)NCC2CCNC2)ccc1Br.Cl. The van der Waals surface area contributed by atoms with E-state index < -0.39 is 10.0 Å². The van der Waals surface area contributed by atoms with Crippen molar-refractivity contribution < 1.29 is 8.42 Å². The van der Waals surface area contributed by atoms with Crippen LogP contribution in [-0.2, 0) is 10.0 Å². The summed E-state index contributed by atoms with van der Waals surface area (Å²) in [5.41, 5.74) is 0.917. The van der Waals surface area contributed by atoms with Crippen LogP contribution in [0.15, 0.2) is 27.6 Å². The van der Waals surface area contributed by atoms with E-state index in [1.807, 2.05) is 6.92 Å². The largest absolute Gasteiger partial charge is 0.316 e. The van der Waals surface area contributed by atoms with E-state index in [4.69, 9.17) is 0 Å². The van der Waals surface area contributed by atoms with Crippen molar-refractivity contribution in [2.24, 2.45) is 5.92 Å². The summed E-state index contributed by atoms with van der Waals surface area (Å²) in [4.78, 5) is 0.328. The van der Waals surface area contributed by atoms with Crippen LogP contribution < -0.4 is 10.0 Å². The number of benzene rings is 1. The minimum atomic E-state index is -3.39. The van der Waals surface area contributed by atoms with Gasteiger partial charge in [0.2, 0.25) is 10.0 Å². The molecule has 19 heavy (non-hydrogen) atoms. The Labute approximate surface area is 128 Å². The lowest BCUT2D eigenvalue weighted by Crippen LogP contribution is -2.30. The first kappa shape index (κ1) is 16.9. The van der Waals surface area contributed by atoms with Crippen LogP contribution in [0.25, 0.3) is 0 Å². The third kappa shape index (κ3) is 4.43. The van der Waals surface area contributed by atoms with Gasteiger partial charge in [-0.25, -0.2) is 13.1 Å². The van der Waals surface area contributed by atoms with Gasteiger partial charge in [0, 0.05) is 11.0 Å². The molecule has 0 bridgehead atoms. The van der Waals surface area contributed by atoms with Gasteiger partial charge in [-0.05, 0) is 56.1 Å². The molecule has 1 fully saturated rings. The van der Waals surface area contributed by atoms with Crippen molar-refractivity contribution in [3.63, 3.8) is 0 Å². The van der Waals surface area contributed by atoms with Gasteiger partial charge < -0.3 is 5.32 Å². The summed E-state index contributed by atoms with van der Waals surface area (Å²) in [6.07, 6.45) is 1.03. The Bertz CT molecular complexity index is 531. The monoisotopic (exact) mass is 368 g/mol. The lowest BCUT2D eigenvalue weighted by molar-refractivity contribution is 0.538. The Morgan fingerprint density at radius 2 is 2.21 bits per heavy atom. The highest BCUT2D eigenvalue weighted by Crippen LogP contribution is 2.20. The number of aryl methyl sites for hydroxylation is 1. The zero-order chi connectivity index (χ0) is 13.2. The molecule has 0 amide bonds. The molecule has 0 aromatic heterocycles. The molecule has 0 spiro atoms. The first-order valence-corrected chi connectivity index (χ1v) is 8.23. The molecule has 7 heteroatoms. The van der Waals surface area contributed by atoms with Gasteiger partial charge in [-0.1, -0.05) is 15.9 Å². The van der Waals surface area contributed by atoms with E-state index >= 15 is 0 Å². The highest BCUT2D eigenvalue weighted by atomic mass is 79.9. The maximum absolute atomic E-state index is 12.1. The van der Waals surface area contributed by atoms with Crippen molar-refractivity contribution >= 4 is 38.4 Å². The summed E-state index contributed by atoms with van der Waals surface area (Å²) in [6, 6.07) is 5.06. The van der Waals surface area contributed by atoms with Crippen LogP contribution in [0.2, 0.25) is 0 Å². The smallest absolute Gasteiger partial charge is 0.240 e. The number of sulfonamides is 1. The summed E-state index contributed by atoms with van der Waals surface area (Å²) in [7, 11) is -3.39. The fourth-order valence-corrected chi connectivity index (χ4v) is 3.43. The highest BCUT2D eigenvalue weighted by Gasteiger charge is 2.19. The standard InChI is InChI=1S/C12H17BrN2O2S.ClH/c1-9-6-11(2-3-12(9)13)18(16,17)15-8-10-4-5-14-7-10;/h2-3,6,10,14-15H,4-5,7-8H2,1H3;1H. The Hall–Kier alpha value is -0.140. The first-order chi connectivity index (χ1) is 8.49. The lowest BCUT2D eigenvalue weighted by Gasteiger charge is -2.11. The van der Waals surface area contributed by atoms with E-state index in [0.29, 0.717) is 17.4 Å². The number of hydrogen-bond acceptors (Lipinski definition) is 3. The van der Waals surface area contributed by atoms with Crippen LogP contribution in [0.5, 0.6) is 0 Å². The van der Waals surface area contributed by atoms with E-state index in [1.165, 1.54) is 0 Å². The van der Waals surface area contributed by atoms with Gasteiger partial charge in [0.25, 0.3) is 0 Å². The Balaban J connectivity index is 0.00000180. The molecule has 2 rings (SSSR count). The fraction of sp³-hybridized carbons (Fsp3) is 0.500. The molecule has 2 N–H and O–H groups in total. The summed E-state index contributed by atoms with van der Waals surface area (Å²) >= 11 is 3.37. The summed E-state index contributed by atoms with van der Waals surface area (Å²) in [6.45, 7) is 4.25. The minimum Gasteiger partial charge on any atom is -0.316 e. The number of hydrogen-bond donors (Lipinski definition) is 2. The fourth-order valence-electron chi connectivity index (χ4n) is 1.98. The molecule has 1 aliphatic heterocycles. The molecular formula is C12H18BrClN2O2S. The van der Waals surface area contributed by atoms with Crippen LogP contribution in [0.1, 0.15) is 12.0 Å². The average Bonchev–Trinajstić information content (AvgIpc) is 2.83. The normalized spacial score (nSPS) is 19.2. The van der Waals surface area contributed by atoms with Gasteiger partial charge in [0.05, 0.1) is 4.90 Å². The van der Waals surface area contributed by atoms with Crippen LogP contribution in [0.3, 0.4) is 0 Å². The third-order valence-electron chi connectivity index (χ3n) is 3.16. The second-order valence-corrected chi connectivity index (χ2v) is 7.24. The molecule has 0 saturated carbocycles. The molecule has 1 unspecified atom stereocenters. The molecule has 1 aliphatic rings. The second-order valence-electron chi connectivity index (χ2n) is 4.62. The minimum absolute atomic E-state index is 0. The van der Waals surface area contributed by atoms with Gasteiger partial charge in [0.1, 0.15) is 0 Å². The molecule has 1 saturated heterocycles. The van der Waals surface area contributed by atoms with Crippen LogP contribution >= 0.6 is 28.3 Å². The third-order valence-corrected chi connectivity index (χ3v) is 5.48. The second kappa shape index (κ2) is 7.04. The molecule has 1 heterocycles. The Morgan fingerprint density at radius 1 is 1.47 bits per heavy atom. The molecular weight excluding hydrogens is 352 g/mol. The van der Waals surface area contributed by atoms with Crippen LogP contribution in [-0.4, -0.2) is 28.1 Å². The van der Waals surface area contributed by atoms with Crippen molar-refractivity contribution in [2.45, 2.75) is 18.2 Å². The lowest BCUT2D eigenvalue weighted by atomic mass is 10.1. The van der Waals surface area contributed by atoms with E-state index in [-0.39, 0.29) is 12.4 Å². The van der Waals surface area contributed by atoms with Crippen molar-refractivity contribution in [1.29, 1.82) is 0 Å². The Kier molecular flexibility index (Phi) is 6.26. The topological polar surface area (TPSA) is 58.2 Å². The van der Waals surface area contributed by atoms with Gasteiger partial charge in [-0.2, -0.15) is 0 Å². The van der Waals surface area contributed by atoms with Crippen molar-refractivity contribution in [3.8, 4) is 0 Å². The summed E-state index contributed by atoms with van der Waals surface area (Å²) in [5.74, 6) is 0.399. The first-order valence-electron chi connectivity index (χ1n) is 5.95. The van der Waals surface area contributed by atoms with Gasteiger partial charge >= 0.3 is 0 Å².